The minimum absolute atomic E-state index is 0.352. The molecule has 0 saturated carbocycles. The van der Waals surface area contributed by atoms with Gasteiger partial charge in [0.1, 0.15) is 0 Å². The first kappa shape index (κ1) is 12.5. The molecule has 4 rings (SSSR count). The van der Waals surface area contributed by atoms with Crippen molar-refractivity contribution in [2.45, 2.75) is 50.4 Å². The summed E-state index contributed by atoms with van der Waals surface area (Å²) in [7, 11) is 2.29. The summed E-state index contributed by atoms with van der Waals surface area (Å²) in [5.74, 6) is 1.75. The Balaban J connectivity index is 1.37. The van der Waals surface area contributed by atoms with Crippen molar-refractivity contribution in [1.82, 2.24) is 10.2 Å². The number of piperidine rings is 1. The number of nitrogens with zero attached hydrogens (tertiary/aromatic N) is 1. The van der Waals surface area contributed by atoms with Gasteiger partial charge in [0.2, 0.25) is 6.79 Å². The maximum atomic E-state index is 5.43. The van der Waals surface area contributed by atoms with Crippen molar-refractivity contribution in [3.8, 4) is 11.5 Å². The molecule has 3 aliphatic rings. The molecule has 3 aliphatic heterocycles. The lowest BCUT2D eigenvalue weighted by molar-refractivity contribution is 0.148. The third kappa shape index (κ3) is 2.17. The van der Waals surface area contributed by atoms with Crippen LogP contribution in [0.3, 0.4) is 0 Å². The summed E-state index contributed by atoms with van der Waals surface area (Å²) in [6.07, 6.45) is 5.34. The van der Waals surface area contributed by atoms with Crippen LogP contribution in [0.15, 0.2) is 18.2 Å². The summed E-state index contributed by atoms with van der Waals surface area (Å²) in [5, 5.41) is 3.73. The summed E-state index contributed by atoms with van der Waals surface area (Å²) in [6, 6.07) is 8.49. The van der Waals surface area contributed by atoms with Crippen molar-refractivity contribution in [2.75, 3.05) is 13.8 Å². The molecule has 2 fully saturated rings. The quantitative estimate of drug-likeness (QED) is 0.915. The fourth-order valence-electron chi connectivity index (χ4n) is 3.89. The summed E-state index contributed by atoms with van der Waals surface area (Å²) in [4.78, 5) is 2.58. The number of ether oxygens (including phenoxy) is 2. The molecular weight excluding hydrogens is 252 g/mol. The molecule has 2 unspecified atom stereocenters. The van der Waals surface area contributed by atoms with Crippen LogP contribution in [-0.2, 0) is 6.54 Å². The molecule has 2 atom stereocenters. The van der Waals surface area contributed by atoms with Gasteiger partial charge in [0, 0.05) is 24.7 Å². The van der Waals surface area contributed by atoms with Gasteiger partial charge >= 0.3 is 0 Å². The van der Waals surface area contributed by atoms with Gasteiger partial charge < -0.3 is 19.7 Å². The number of fused-ring (bicyclic) bond motifs is 3. The molecule has 1 aromatic rings. The molecule has 2 bridgehead atoms. The molecule has 20 heavy (non-hydrogen) atoms. The summed E-state index contributed by atoms with van der Waals surface area (Å²) in [6.45, 7) is 1.27. The molecule has 0 spiro atoms. The van der Waals surface area contributed by atoms with Gasteiger partial charge in [-0.2, -0.15) is 0 Å². The maximum Gasteiger partial charge on any atom is 0.231 e. The van der Waals surface area contributed by atoms with E-state index in [1.165, 1.54) is 31.2 Å². The highest BCUT2D eigenvalue weighted by Crippen LogP contribution is 2.35. The number of hydrogen-bond donors (Lipinski definition) is 1. The van der Waals surface area contributed by atoms with Gasteiger partial charge in [0.15, 0.2) is 11.5 Å². The SMILES string of the molecule is CN1C2CCC1CC(NCc1ccc3c(c1)OCO3)C2. The second kappa shape index (κ2) is 4.93. The van der Waals surface area contributed by atoms with Gasteiger partial charge in [-0.1, -0.05) is 6.07 Å². The Morgan fingerprint density at radius 2 is 1.90 bits per heavy atom. The second-order valence-corrected chi connectivity index (χ2v) is 6.29. The van der Waals surface area contributed by atoms with E-state index in [1.807, 2.05) is 6.07 Å². The standard InChI is InChI=1S/C16H22N2O2/c1-18-13-3-4-14(18)8-12(7-13)17-9-11-2-5-15-16(6-11)20-10-19-15/h2,5-6,12-14,17H,3-4,7-10H2,1H3. The van der Waals surface area contributed by atoms with E-state index >= 15 is 0 Å². The molecule has 1 N–H and O–H groups in total. The Morgan fingerprint density at radius 1 is 1.15 bits per heavy atom. The molecule has 0 amide bonds. The Hall–Kier alpha value is -1.26. The van der Waals surface area contributed by atoms with Gasteiger partial charge in [-0.05, 0) is 50.4 Å². The van der Waals surface area contributed by atoms with Crippen LogP contribution in [-0.4, -0.2) is 36.9 Å². The molecule has 1 aromatic carbocycles. The summed E-state index contributed by atoms with van der Waals surface area (Å²) < 4.78 is 10.8. The van der Waals surface area contributed by atoms with Gasteiger partial charge in [-0.15, -0.1) is 0 Å². The third-order valence-corrected chi connectivity index (χ3v) is 5.13. The van der Waals surface area contributed by atoms with Crippen LogP contribution in [0.1, 0.15) is 31.2 Å². The van der Waals surface area contributed by atoms with E-state index in [2.05, 4.69) is 29.4 Å². The second-order valence-electron chi connectivity index (χ2n) is 6.29. The van der Waals surface area contributed by atoms with Crippen molar-refractivity contribution in [2.24, 2.45) is 0 Å². The zero-order chi connectivity index (χ0) is 13.5. The average molecular weight is 274 g/mol. The highest BCUT2D eigenvalue weighted by molar-refractivity contribution is 5.44. The molecule has 2 saturated heterocycles. The first-order chi connectivity index (χ1) is 9.79. The summed E-state index contributed by atoms with van der Waals surface area (Å²) >= 11 is 0. The molecule has 3 heterocycles. The molecule has 0 aromatic heterocycles. The van der Waals surface area contributed by atoms with Crippen LogP contribution in [0.4, 0.5) is 0 Å². The van der Waals surface area contributed by atoms with E-state index in [0.29, 0.717) is 12.8 Å². The minimum Gasteiger partial charge on any atom is -0.454 e. The van der Waals surface area contributed by atoms with Crippen LogP contribution < -0.4 is 14.8 Å². The van der Waals surface area contributed by atoms with Gasteiger partial charge in [0.25, 0.3) is 0 Å². The smallest absolute Gasteiger partial charge is 0.231 e. The number of hydrogen-bond acceptors (Lipinski definition) is 4. The fourth-order valence-corrected chi connectivity index (χ4v) is 3.89. The Labute approximate surface area is 120 Å². The van der Waals surface area contributed by atoms with Crippen LogP contribution >= 0.6 is 0 Å². The topological polar surface area (TPSA) is 33.7 Å². The third-order valence-electron chi connectivity index (χ3n) is 5.13. The van der Waals surface area contributed by atoms with Crippen LogP contribution in [0, 0.1) is 0 Å². The van der Waals surface area contributed by atoms with Crippen molar-refractivity contribution >= 4 is 0 Å². The maximum absolute atomic E-state index is 5.43. The number of rotatable bonds is 3. The largest absolute Gasteiger partial charge is 0.454 e. The zero-order valence-corrected chi connectivity index (χ0v) is 12.0. The van der Waals surface area contributed by atoms with Gasteiger partial charge in [-0.25, -0.2) is 0 Å². The molecule has 4 heteroatoms. The van der Waals surface area contributed by atoms with Crippen molar-refractivity contribution in [1.29, 1.82) is 0 Å². The van der Waals surface area contributed by atoms with Crippen molar-refractivity contribution in [3.63, 3.8) is 0 Å². The number of benzene rings is 1. The normalized spacial score (nSPS) is 31.8. The van der Waals surface area contributed by atoms with Crippen LogP contribution in [0.5, 0.6) is 11.5 Å². The lowest BCUT2D eigenvalue weighted by atomic mass is 9.98. The average Bonchev–Trinajstić information content (AvgIpc) is 2.98. The number of nitrogens with one attached hydrogen (secondary N) is 1. The molecule has 4 nitrogen and oxygen atoms in total. The first-order valence-electron chi connectivity index (χ1n) is 7.63. The Morgan fingerprint density at radius 3 is 2.70 bits per heavy atom. The highest BCUT2D eigenvalue weighted by Gasteiger charge is 2.38. The molecule has 108 valence electrons. The van der Waals surface area contributed by atoms with Crippen LogP contribution in [0.25, 0.3) is 0 Å². The molecule has 0 radical (unpaired) electrons. The summed E-state index contributed by atoms with van der Waals surface area (Å²) in [5.41, 5.74) is 1.28. The monoisotopic (exact) mass is 274 g/mol. The van der Waals surface area contributed by atoms with Gasteiger partial charge in [-0.3, -0.25) is 0 Å². The Bertz CT molecular complexity index is 491. The zero-order valence-electron chi connectivity index (χ0n) is 12.0. The van der Waals surface area contributed by atoms with E-state index in [9.17, 15) is 0 Å². The first-order valence-corrected chi connectivity index (χ1v) is 7.63. The van der Waals surface area contributed by atoms with E-state index in [0.717, 1.165) is 30.1 Å². The molecular formula is C16H22N2O2. The van der Waals surface area contributed by atoms with E-state index in [4.69, 9.17) is 9.47 Å². The Kier molecular flexibility index (Phi) is 3.08. The lowest BCUT2D eigenvalue weighted by Crippen LogP contribution is -2.46. The van der Waals surface area contributed by atoms with Crippen LogP contribution in [0.2, 0.25) is 0 Å². The van der Waals surface area contributed by atoms with Crippen molar-refractivity contribution < 1.29 is 9.47 Å². The van der Waals surface area contributed by atoms with Gasteiger partial charge in [0.05, 0.1) is 0 Å². The van der Waals surface area contributed by atoms with Crippen molar-refractivity contribution in [3.05, 3.63) is 23.8 Å². The van der Waals surface area contributed by atoms with E-state index in [1.54, 1.807) is 0 Å². The van der Waals surface area contributed by atoms with E-state index < -0.39 is 0 Å². The van der Waals surface area contributed by atoms with E-state index in [-0.39, 0.29) is 0 Å². The highest BCUT2D eigenvalue weighted by atomic mass is 16.7. The molecule has 0 aliphatic carbocycles. The minimum atomic E-state index is 0.352. The predicted octanol–water partition coefficient (Wildman–Crippen LogP) is 2.13. The predicted molar refractivity (Wildman–Crippen MR) is 77.0 cm³/mol. The lowest BCUT2D eigenvalue weighted by Gasteiger charge is -2.36. The fraction of sp³-hybridized carbons (Fsp3) is 0.625.